The van der Waals surface area contributed by atoms with Crippen LogP contribution in [-0.2, 0) is 23.8 Å². The molecule has 0 spiro atoms. The summed E-state index contributed by atoms with van der Waals surface area (Å²) < 4.78 is 16.2. The number of esters is 2. The van der Waals surface area contributed by atoms with Crippen LogP contribution < -0.4 is 0 Å². The van der Waals surface area contributed by atoms with E-state index in [0.717, 1.165) is 24.8 Å². The van der Waals surface area contributed by atoms with Gasteiger partial charge in [0, 0.05) is 23.0 Å². The summed E-state index contributed by atoms with van der Waals surface area (Å²) >= 11 is 0. The highest BCUT2D eigenvalue weighted by Crippen LogP contribution is 2.56. The molecule has 6 nitrogen and oxygen atoms in total. The SMILES string of the molecule is CC1=CC(O/C=C2/C(=O)OC3C2CC=C2CCCC(C)(C)C23O)OC1=O. The quantitative estimate of drug-likeness (QED) is 0.353. The zero-order valence-electron chi connectivity index (χ0n) is 15.3. The molecule has 2 aliphatic carbocycles. The highest BCUT2D eigenvalue weighted by molar-refractivity contribution is 5.92. The van der Waals surface area contributed by atoms with Gasteiger partial charge < -0.3 is 19.3 Å². The lowest BCUT2D eigenvalue weighted by atomic mass is 9.56. The molecule has 2 heterocycles. The number of allylic oxidation sites excluding steroid dienone is 1. The lowest BCUT2D eigenvalue weighted by Crippen LogP contribution is -2.60. The van der Waals surface area contributed by atoms with E-state index in [-0.39, 0.29) is 11.3 Å². The Morgan fingerprint density at radius 1 is 1.27 bits per heavy atom. The molecule has 0 amide bonds. The Balaban J connectivity index is 1.61. The van der Waals surface area contributed by atoms with Crippen LogP contribution in [0.3, 0.4) is 0 Å². The molecule has 6 heteroatoms. The lowest BCUT2D eigenvalue weighted by molar-refractivity contribution is -0.172. The van der Waals surface area contributed by atoms with E-state index in [9.17, 15) is 14.7 Å². The van der Waals surface area contributed by atoms with Crippen molar-refractivity contribution in [3.05, 3.63) is 35.1 Å². The first-order valence-electron chi connectivity index (χ1n) is 9.12. The molecule has 0 bridgehead atoms. The Kier molecular flexibility index (Phi) is 3.81. The van der Waals surface area contributed by atoms with Crippen molar-refractivity contribution < 1.29 is 28.9 Å². The van der Waals surface area contributed by atoms with Gasteiger partial charge in [-0.05, 0) is 38.2 Å². The standard InChI is InChI=1S/C20H24O6/c1-11-9-15(25-17(11)21)24-10-14-13-7-6-12-5-4-8-19(2,3)20(12,23)16(13)26-18(14)22/h6,9-10,13,15-16,23H,4-5,7-8H2,1-3H3/b14-10+. The molecule has 0 aromatic rings. The normalized spacial score (nSPS) is 39.5. The summed E-state index contributed by atoms with van der Waals surface area (Å²) in [6.07, 6.45) is 6.87. The average molecular weight is 360 g/mol. The predicted molar refractivity (Wildman–Crippen MR) is 91.5 cm³/mol. The van der Waals surface area contributed by atoms with Crippen molar-refractivity contribution in [1.82, 2.24) is 0 Å². The highest BCUT2D eigenvalue weighted by atomic mass is 16.7. The van der Waals surface area contributed by atoms with Gasteiger partial charge in [0.2, 0.25) is 0 Å². The Hall–Kier alpha value is -2.08. The van der Waals surface area contributed by atoms with Crippen molar-refractivity contribution >= 4 is 11.9 Å². The van der Waals surface area contributed by atoms with Gasteiger partial charge in [0.1, 0.15) is 11.7 Å². The van der Waals surface area contributed by atoms with Crippen molar-refractivity contribution in [3.63, 3.8) is 0 Å². The molecule has 4 aliphatic rings. The molecule has 140 valence electrons. The fourth-order valence-electron chi connectivity index (χ4n) is 4.69. The van der Waals surface area contributed by atoms with Crippen LogP contribution >= 0.6 is 0 Å². The van der Waals surface area contributed by atoms with E-state index in [1.54, 1.807) is 13.0 Å². The molecule has 1 saturated heterocycles. The van der Waals surface area contributed by atoms with E-state index in [4.69, 9.17) is 14.2 Å². The summed E-state index contributed by atoms with van der Waals surface area (Å²) in [5.74, 6) is -1.17. The minimum absolute atomic E-state index is 0.268. The topological polar surface area (TPSA) is 82.1 Å². The van der Waals surface area contributed by atoms with Gasteiger partial charge in [-0.25, -0.2) is 9.59 Å². The number of fused-ring (bicyclic) bond motifs is 3. The van der Waals surface area contributed by atoms with E-state index in [1.165, 1.54) is 6.26 Å². The third-order valence-electron chi connectivity index (χ3n) is 6.29. The number of hydrogen-bond acceptors (Lipinski definition) is 6. The largest absolute Gasteiger partial charge is 0.458 e. The minimum Gasteiger partial charge on any atom is -0.458 e. The lowest BCUT2D eigenvalue weighted by Gasteiger charge is -2.53. The van der Waals surface area contributed by atoms with Crippen LogP contribution in [-0.4, -0.2) is 35.0 Å². The monoisotopic (exact) mass is 360 g/mol. The van der Waals surface area contributed by atoms with Crippen molar-refractivity contribution in [2.45, 2.75) is 64.4 Å². The molecule has 0 radical (unpaired) electrons. The second-order valence-corrected chi connectivity index (χ2v) is 8.23. The number of carbonyl (C=O) groups excluding carboxylic acids is 2. The molecule has 4 atom stereocenters. The summed E-state index contributed by atoms with van der Waals surface area (Å²) in [6, 6.07) is 0. The average Bonchev–Trinajstić information content (AvgIpc) is 3.06. The second kappa shape index (κ2) is 5.71. The summed E-state index contributed by atoms with van der Waals surface area (Å²) in [6.45, 7) is 5.70. The smallest absolute Gasteiger partial charge is 0.337 e. The third kappa shape index (κ3) is 2.35. The molecule has 1 saturated carbocycles. The van der Waals surface area contributed by atoms with Crippen LogP contribution in [0.5, 0.6) is 0 Å². The van der Waals surface area contributed by atoms with Crippen LogP contribution in [0.1, 0.15) is 46.5 Å². The van der Waals surface area contributed by atoms with E-state index >= 15 is 0 Å². The van der Waals surface area contributed by atoms with Crippen LogP contribution in [0.25, 0.3) is 0 Å². The first kappa shape index (κ1) is 17.3. The molecule has 2 fully saturated rings. The molecule has 2 aliphatic heterocycles. The van der Waals surface area contributed by atoms with Gasteiger partial charge in [0.05, 0.1) is 11.8 Å². The highest BCUT2D eigenvalue weighted by Gasteiger charge is 2.62. The molecule has 1 N–H and O–H groups in total. The molecule has 0 aromatic heterocycles. The fraction of sp³-hybridized carbons (Fsp3) is 0.600. The van der Waals surface area contributed by atoms with E-state index in [1.807, 2.05) is 13.8 Å². The molecule has 0 aromatic carbocycles. The van der Waals surface area contributed by atoms with Gasteiger partial charge in [-0.1, -0.05) is 19.9 Å². The van der Waals surface area contributed by atoms with E-state index in [0.29, 0.717) is 17.6 Å². The first-order chi connectivity index (χ1) is 12.2. The van der Waals surface area contributed by atoms with Crippen LogP contribution in [0, 0.1) is 11.3 Å². The van der Waals surface area contributed by atoms with E-state index < -0.39 is 29.9 Å². The fourth-order valence-corrected chi connectivity index (χ4v) is 4.69. The number of rotatable bonds is 2. The Bertz CT molecular complexity index is 758. The number of hydrogen-bond donors (Lipinski definition) is 1. The molecule has 4 rings (SSSR count). The van der Waals surface area contributed by atoms with Crippen molar-refractivity contribution in [1.29, 1.82) is 0 Å². The maximum Gasteiger partial charge on any atom is 0.337 e. The zero-order valence-corrected chi connectivity index (χ0v) is 15.3. The van der Waals surface area contributed by atoms with Crippen LogP contribution in [0.4, 0.5) is 0 Å². The third-order valence-corrected chi connectivity index (χ3v) is 6.29. The summed E-state index contributed by atoms with van der Waals surface area (Å²) in [4.78, 5) is 23.9. The Labute approximate surface area is 152 Å². The van der Waals surface area contributed by atoms with Crippen molar-refractivity contribution in [3.8, 4) is 0 Å². The van der Waals surface area contributed by atoms with Gasteiger partial charge in [-0.3, -0.25) is 0 Å². The summed E-state index contributed by atoms with van der Waals surface area (Å²) in [7, 11) is 0. The second-order valence-electron chi connectivity index (χ2n) is 8.23. The zero-order chi connectivity index (χ0) is 18.7. The summed E-state index contributed by atoms with van der Waals surface area (Å²) in [5.41, 5.74) is 0.305. The first-order valence-corrected chi connectivity index (χ1v) is 9.12. The van der Waals surface area contributed by atoms with Crippen molar-refractivity contribution in [2.75, 3.05) is 0 Å². The number of aliphatic hydroxyl groups is 1. The van der Waals surface area contributed by atoms with Gasteiger partial charge in [0.25, 0.3) is 6.29 Å². The number of ether oxygens (including phenoxy) is 3. The van der Waals surface area contributed by atoms with E-state index in [2.05, 4.69) is 6.08 Å². The molecular weight excluding hydrogens is 336 g/mol. The maximum atomic E-state index is 12.5. The number of carbonyl (C=O) groups is 2. The Morgan fingerprint density at radius 2 is 2.04 bits per heavy atom. The van der Waals surface area contributed by atoms with Gasteiger partial charge in [0.15, 0.2) is 0 Å². The summed E-state index contributed by atoms with van der Waals surface area (Å²) in [5, 5.41) is 11.6. The number of cyclic esters (lactones) is 1. The Morgan fingerprint density at radius 3 is 2.73 bits per heavy atom. The van der Waals surface area contributed by atoms with Crippen LogP contribution in [0.15, 0.2) is 35.1 Å². The molecular formula is C20H24O6. The predicted octanol–water partition coefficient (Wildman–Crippen LogP) is 2.53. The molecule has 4 unspecified atom stereocenters. The van der Waals surface area contributed by atoms with Crippen LogP contribution in [0.2, 0.25) is 0 Å². The molecule has 26 heavy (non-hydrogen) atoms. The maximum absolute atomic E-state index is 12.5. The minimum atomic E-state index is -1.16. The van der Waals surface area contributed by atoms with Gasteiger partial charge in [-0.2, -0.15) is 0 Å². The van der Waals surface area contributed by atoms with Crippen molar-refractivity contribution in [2.24, 2.45) is 11.3 Å². The van der Waals surface area contributed by atoms with Gasteiger partial charge >= 0.3 is 11.9 Å². The van der Waals surface area contributed by atoms with Gasteiger partial charge in [-0.15, -0.1) is 0 Å².